The van der Waals surface area contributed by atoms with Crippen molar-refractivity contribution in [3.8, 4) is 11.3 Å². The molecule has 0 aliphatic rings. The highest BCUT2D eigenvalue weighted by molar-refractivity contribution is 5.93. The number of nitrogens with zero attached hydrogens (tertiary/aromatic N) is 1. The first-order valence-corrected chi connectivity index (χ1v) is 7.79. The summed E-state index contributed by atoms with van der Waals surface area (Å²) >= 11 is 0. The molecule has 1 heterocycles. The SMILES string of the molecule is CC(CNC(=O)c1cc(-c2ccc(F)cc2)on1)c1ccc(F)cc1. The zero-order chi connectivity index (χ0) is 17.8. The summed E-state index contributed by atoms with van der Waals surface area (Å²) in [5.74, 6) is -0.609. The van der Waals surface area contributed by atoms with Crippen LogP contribution in [-0.2, 0) is 0 Å². The smallest absolute Gasteiger partial charge is 0.273 e. The van der Waals surface area contributed by atoms with Crippen molar-refractivity contribution in [2.45, 2.75) is 12.8 Å². The number of aromatic nitrogens is 1. The van der Waals surface area contributed by atoms with E-state index in [-0.39, 0.29) is 29.2 Å². The van der Waals surface area contributed by atoms with Gasteiger partial charge in [-0.15, -0.1) is 0 Å². The molecule has 128 valence electrons. The standard InChI is InChI=1S/C19H16F2N2O2/c1-12(13-2-6-15(20)7-3-13)11-22-19(24)17-10-18(25-23-17)14-4-8-16(21)9-5-14/h2-10,12H,11H2,1H3,(H,22,24). The summed E-state index contributed by atoms with van der Waals surface area (Å²) in [5.41, 5.74) is 1.70. The Morgan fingerprint density at radius 1 is 1.08 bits per heavy atom. The molecule has 3 aromatic rings. The fraction of sp³-hybridized carbons (Fsp3) is 0.158. The Kier molecular flexibility index (Phi) is 4.88. The van der Waals surface area contributed by atoms with Crippen molar-refractivity contribution in [3.63, 3.8) is 0 Å². The van der Waals surface area contributed by atoms with E-state index in [1.807, 2.05) is 6.92 Å². The molecule has 1 atom stereocenters. The van der Waals surface area contributed by atoms with Crippen molar-refractivity contribution >= 4 is 5.91 Å². The lowest BCUT2D eigenvalue weighted by molar-refractivity contribution is 0.0942. The normalized spacial score (nSPS) is 12.0. The number of benzene rings is 2. The first-order valence-electron chi connectivity index (χ1n) is 7.79. The molecule has 0 radical (unpaired) electrons. The molecule has 0 bridgehead atoms. The Bertz CT molecular complexity index is 858. The fourth-order valence-corrected chi connectivity index (χ4v) is 2.38. The molecule has 1 unspecified atom stereocenters. The second-order valence-electron chi connectivity index (χ2n) is 5.75. The number of carbonyl (C=O) groups excluding carboxylic acids is 1. The molecule has 0 aliphatic carbocycles. The Morgan fingerprint density at radius 3 is 2.32 bits per heavy atom. The van der Waals surface area contributed by atoms with Crippen LogP contribution in [0.2, 0.25) is 0 Å². The summed E-state index contributed by atoms with van der Waals surface area (Å²) in [7, 11) is 0. The number of halogens is 2. The van der Waals surface area contributed by atoms with Gasteiger partial charge in [0.2, 0.25) is 0 Å². The highest BCUT2D eigenvalue weighted by Gasteiger charge is 2.15. The van der Waals surface area contributed by atoms with Gasteiger partial charge in [-0.3, -0.25) is 4.79 Å². The molecule has 0 aliphatic heterocycles. The Hall–Kier alpha value is -3.02. The molecule has 0 saturated carbocycles. The van der Waals surface area contributed by atoms with E-state index < -0.39 is 0 Å². The minimum atomic E-state index is -0.369. The van der Waals surface area contributed by atoms with Crippen LogP contribution in [0.15, 0.2) is 59.1 Å². The maximum absolute atomic E-state index is 12.9. The van der Waals surface area contributed by atoms with Crippen molar-refractivity contribution in [1.82, 2.24) is 10.5 Å². The van der Waals surface area contributed by atoms with E-state index in [1.54, 1.807) is 24.3 Å². The maximum atomic E-state index is 12.9. The zero-order valence-electron chi connectivity index (χ0n) is 13.5. The van der Waals surface area contributed by atoms with Gasteiger partial charge in [0.1, 0.15) is 11.6 Å². The van der Waals surface area contributed by atoms with E-state index in [0.29, 0.717) is 17.9 Å². The monoisotopic (exact) mass is 342 g/mol. The van der Waals surface area contributed by atoms with Crippen molar-refractivity contribution in [3.05, 3.63) is 77.5 Å². The van der Waals surface area contributed by atoms with E-state index in [4.69, 9.17) is 4.52 Å². The molecule has 6 heteroatoms. The minimum absolute atomic E-state index is 0.0213. The van der Waals surface area contributed by atoms with E-state index >= 15 is 0 Å². The van der Waals surface area contributed by atoms with Crippen LogP contribution >= 0.6 is 0 Å². The lowest BCUT2D eigenvalue weighted by Crippen LogP contribution is -2.27. The molecule has 1 amide bonds. The molecule has 0 saturated heterocycles. The van der Waals surface area contributed by atoms with Crippen LogP contribution in [0.25, 0.3) is 11.3 Å². The van der Waals surface area contributed by atoms with E-state index in [0.717, 1.165) is 5.56 Å². The zero-order valence-corrected chi connectivity index (χ0v) is 13.5. The molecule has 2 aromatic carbocycles. The number of carbonyl (C=O) groups is 1. The van der Waals surface area contributed by atoms with Gasteiger partial charge in [-0.25, -0.2) is 8.78 Å². The third-order valence-corrected chi connectivity index (χ3v) is 3.88. The second-order valence-corrected chi connectivity index (χ2v) is 5.75. The lowest BCUT2D eigenvalue weighted by atomic mass is 10.0. The average molecular weight is 342 g/mol. The van der Waals surface area contributed by atoms with Crippen molar-refractivity contribution in [2.75, 3.05) is 6.54 Å². The van der Waals surface area contributed by atoms with Gasteiger partial charge in [0.05, 0.1) is 0 Å². The van der Waals surface area contributed by atoms with Gasteiger partial charge in [-0.05, 0) is 47.9 Å². The molecular weight excluding hydrogens is 326 g/mol. The first-order chi connectivity index (χ1) is 12.0. The van der Waals surface area contributed by atoms with Gasteiger partial charge in [-0.1, -0.05) is 24.2 Å². The van der Waals surface area contributed by atoms with Gasteiger partial charge in [0.15, 0.2) is 11.5 Å². The van der Waals surface area contributed by atoms with Crippen LogP contribution in [0.5, 0.6) is 0 Å². The Morgan fingerprint density at radius 2 is 1.68 bits per heavy atom. The largest absolute Gasteiger partial charge is 0.355 e. The lowest BCUT2D eigenvalue weighted by Gasteiger charge is -2.12. The summed E-state index contributed by atoms with van der Waals surface area (Å²) < 4.78 is 31.0. The average Bonchev–Trinajstić information content (AvgIpc) is 3.11. The Balaban J connectivity index is 1.62. The van der Waals surface area contributed by atoms with E-state index in [2.05, 4.69) is 10.5 Å². The van der Waals surface area contributed by atoms with Crippen LogP contribution in [0.3, 0.4) is 0 Å². The summed E-state index contributed by atoms with van der Waals surface area (Å²) in [6, 6.07) is 13.4. The second kappa shape index (κ2) is 7.25. The predicted molar refractivity (Wildman–Crippen MR) is 89.0 cm³/mol. The molecule has 3 rings (SSSR count). The number of hydrogen-bond donors (Lipinski definition) is 1. The highest BCUT2D eigenvalue weighted by atomic mass is 19.1. The van der Waals surface area contributed by atoms with Crippen molar-refractivity contribution < 1.29 is 18.1 Å². The number of rotatable bonds is 5. The van der Waals surface area contributed by atoms with Gasteiger partial charge in [0.25, 0.3) is 5.91 Å². The topological polar surface area (TPSA) is 55.1 Å². The quantitative estimate of drug-likeness (QED) is 0.758. The molecular formula is C19H16F2N2O2. The van der Waals surface area contributed by atoms with Gasteiger partial charge in [-0.2, -0.15) is 0 Å². The predicted octanol–water partition coefficient (Wildman–Crippen LogP) is 4.15. The molecule has 0 spiro atoms. The summed E-state index contributed by atoms with van der Waals surface area (Å²) in [6.45, 7) is 2.31. The van der Waals surface area contributed by atoms with E-state index in [9.17, 15) is 13.6 Å². The third-order valence-electron chi connectivity index (χ3n) is 3.88. The number of amides is 1. The molecule has 0 fully saturated rings. The fourth-order valence-electron chi connectivity index (χ4n) is 2.38. The molecule has 25 heavy (non-hydrogen) atoms. The van der Waals surface area contributed by atoms with Crippen molar-refractivity contribution in [2.24, 2.45) is 0 Å². The number of hydrogen-bond acceptors (Lipinski definition) is 3. The van der Waals surface area contributed by atoms with Gasteiger partial charge < -0.3 is 9.84 Å². The summed E-state index contributed by atoms with van der Waals surface area (Å²) in [4.78, 5) is 12.2. The van der Waals surface area contributed by atoms with Gasteiger partial charge >= 0.3 is 0 Å². The number of nitrogens with one attached hydrogen (secondary N) is 1. The van der Waals surface area contributed by atoms with Gasteiger partial charge in [0, 0.05) is 18.2 Å². The molecule has 1 aromatic heterocycles. The van der Waals surface area contributed by atoms with Crippen LogP contribution in [-0.4, -0.2) is 17.6 Å². The highest BCUT2D eigenvalue weighted by Crippen LogP contribution is 2.21. The summed E-state index contributed by atoms with van der Waals surface area (Å²) in [5, 5.41) is 6.52. The van der Waals surface area contributed by atoms with Crippen LogP contribution in [0.4, 0.5) is 8.78 Å². The Labute approximate surface area is 143 Å². The summed E-state index contributed by atoms with van der Waals surface area (Å²) in [6.07, 6.45) is 0. The van der Waals surface area contributed by atoms with Crippen LogP contribution < -0.4 is 5.32 Å². The molecule has 1 N–H and O–H groups in total. The van der Waals surface area contributed by atoms with Crippen LogP contribution in [0.1, 0.15) is 28.9 Å². The van der Waals surface area contributed by atoms with Crippen LogP contribution in [0, 0.1) is 11.6 Å². The first kappa shape index (κ1) is 16.8. The van der Waals surface area contributed by atoms with Crippen molar-refractivity contribution in [1.29, 1.82) is 0 Å². The third kappa shape index (κ3) is 4.09. The molecule has 4 nitrogen and oxygen atoms in total. The minimum Gasteiger partial charge on any atom is -0.355 e. The maximum Gasteiger partial charge on any atom is 0.273 e. The van der Waals surface area contributed by atoms with E-state index in [1.165, 1.54) is 30.3 Å².